The smallest absolute Gasteiger partial charge is 0.264 e. The SMILES string of the molecule is CCN(c1ccc(C(=O)Nc2ccc(S(=O)(=O)Nc3ccccc3C)cc2)cc1)S(=O)(=O)c1ccc(SC)cc1. The summed E-state index contributed by atoms with van der Waals surface area (Å²) in [6.07, 6.45) is 1.92. The predicted molar refractivity (Wildman–Crippen MR) is 161 cm³/mol. The van der Waals surface area contributed by atoms with Gasteiger partial charge in [-0.25, -0.2) is 16.8 Å². The van der Waals surface area contributed by atoms with Crippen LogP contribution in [0.1, 0.15) is 22.8 Å². The zero-order chi connectivity index (χ0) is 28.9. The summed E-state index contributed by atoms with van der Waals surface area (Å²) in [6, 6.07) is 25.9. The Morgan fingerprint density at radius 2 is 1.40 bits per heavy atom. The summed E-state index contributed by atoms with van der Waals surface area (Å²) in [5.74, 6) is -0.418. The number of anilines is 3. The van der Waals surface area contributed by atoms with E-state index in [-0.39, 0.29) is 16.3 Å². The lowest BCUT2D eigenvalue weighted by atomic mass is 10.2. The molecule has 2 N–H and O–H groups in total. The fourth-order valence-corrected chi connectivity index (χ4v) is 6.97. The Balaban J connectivity index is 1.45. The molecule has 0 aliphatic carbocycles. The van der Waals surface area contributed by atoms with Crippen molar-refractivity contribution in [2.45, 2.75) is 28.5 Å². The third-order valence-corrected chi connectivity index (χ3v) is 10.2. The van der Waals surface area contributed by atoms with Crippen molar-refractivity contribution in [1.82, 2.24) is 0 Å². The van der Waals surface area contributed by atoms with Gasteiger partial charge in [-0.1, -0.05) is 18.2 Å². The molecule has 0 heterocycles. The number of hydrogen-bond donors (Lipinski definition) is 2. The molecule has 0 unspecified atom stereocenters. The molecular formula is C29H29N3O5S3. The molecule has 0 spiro atoms. The fraction of sp³-hybridized carbons (Fsp3) is 0.138. The van der Waals surface area contributed by atoms with E-state index >= 15 is 0 Å². The molecule has 40 heavy (non-hydrogen) atoms. The molecule has 0 saturated carbocycles. The summed E-state index contributed by atoms with van der Waals surface area (Å²) in [4.78, 5) is 14.0. The first kappa shape index (κ1) is 29.2. The van der Waals surface area contributed by atoms with E-state index < -0.39 is 26.0 Å². The average Bonchev–Trinajstić information content (AvgIpc) is 2.95. The van der Waals surface area contributed by atoms with E-state index in [4.69, 9.17) is 0 Å². The van der Waals surface area contributed by atoms with Gasteiger partial charge in [0.25, 0.3) is 26.0 Å². The molecule has 0 aliphatic heterocycles. The maximum Gasteiger partial charge on any atom is 0.264 e. The van der Waals surface area contributed by atoms with Gasteiger partial charge in [0.2, 0.25) is 0 Å². The molecule has 0 radical (unpaired) electrons. The predicted octanol–water partition coefficient (Wildman–Crippen LogP) is 5.99. The maximum atomic E-state index is 13.2. The highest BCUT2D eigenvalue weighted by Crippen LogP contribution is 2.26. The number of carbonyl (C=O) groups is 1. The minimum absolute atomic E-state index is 0.0575. The van der Waals surface area contributed by atoms with Crippen LogP contribution in [0.15, 0.2) is 112 Å². The second-order valence-electron chi connectivity index (χ2n) is 8.79. The van der Waals surface area contributed by atoms with Gasteiger partial charge in [0.05, 0.1) is 21.2 Å². The first-order chi connectivity index (χ1) is 19.0. The van der Waals surface area contributed by atoms with E-state index in [1.165, 1.54) is 40.3 Å². The number of nitrogens with one attached hydrogen (secondary N) is 2. The van der Waals surface area contributed by atoms with Crippen LogP contribution in [-0.4, -0.2) is 35.5 Å². The van der Waals surface area contributed by atoms with E-state index in [1.54, 1.807) is 67.6 Å². The number of benzene rings is 4. The number of sulfonamides is 2. The normalized spacial score (nSPS) is 11.6. The molecule has 11 heteroatoms. The van der Waals surface area contributed by atoms with Crippen LogP contribution in [-0.2, 0) is 20.0 Å². The third kappa shape index (κ3) is 6.49. The van der Waals surface area contributed by atoms with Gasteiger partial charge in [-0.05, 0) is 105 Å². The maximum absolute atomic E-state index is 13.2. The van der Waals surface area contributed by atoms with Crippen LogP contribution in [0.3, 0.4) is 0 Å². The standard InChI is InChI=1S/C29H29N3O5S3/c1-4-32(40(36,37)27-19-15-25(38-3)16-20-27)24-13-9-22(10-14-24)29(33)30-23-11-17-26(18-12-23)39(34,35)31-28-8-6-5-7-21(28)2/h5-20,31H,4H2,1-3H3,(H,30,33). The highest BCUT2D eigenvalue weighted by atomic mass is 32.2. The van der Waals surface area contributed by atoms with Gasteiger partial charge in [-0.15, -0.1) is 11.8 Å². The number of para-hydroxylation sites is 1. The molecule has 0 aromatic heterocycles. The van der Waals surface area contributed by atoms with Crippen LogP contribution in [0.4, 0.5) is 17.1 Å². The Bertz CT molecular complexity index is 1700. The van der Waals surface area contributed by atoms with Gasteiger partial charge in [0.15, 0.2) is 0 Å². The molecule has 0 fully saturated rings. The van der Waals surface area contributed by atoms with E-state index in [2.05, 4.69) is 10.0 Å². The van der Waals surface area contributed by atoms with E-state index in [9.17, 15) is 21.6 Å². The van der Waals surface area contributed by atoms with Crippen molar-refractivity contribution >= 4 is 54.8 Å². The van der Waals surface area contributed by atoms with E-state index in [0.29, 0.717) is 22.6 Å². The number of hydrogen-bond acceptors (Lipinski definition) is 6. The summed E-state index contributed by atoms with van der Waals surface area (Å²) in [5, 5.41) is 2.74. The highest BCUT2D eigenvalue weighted by Gasteiger charge is 2.24. The van der Waals surface area contributed by atoms with Crippen LogP contribution in [0.5, 0.6) is 0 Å². The van der Waals surface area contributed by atoms with Crippen molar-refractivity contribution in [1.29, 1.82) is 0 Å². The van der Waals surface area contributed by atoms with Gasteiger partial charge in [0.1, 0.15) is 0 Å². The summed E-state index contributed by atoms with van der Waals surface area (Å²) >= 11 is 1.53. The quantitative estimate of drug-likeness (QED) is 0.218. The monoisotopic (exact) mass is 595 g/mol. The lowest BCUT2D eigenvalue weighted by molar-refractivity contribution is 0.102. The van der Waals surface area contributed by atoms with Gasteiger partial charge >= 0.3 is 0 Å². The second-order valence-corrected chi connectivity index (χ2v) is 13.2. The zero-order valence-electron chi connectivity index (χ0n) is 22.2. The Morgan fingerprint density at radius 1 is 0.800 bits per heavy atom. The van der Waals surface area contributed by atoms with Crippen molar-refractivity contribution in [2.75, 3.05) is 27.1 Å². The molecule has 208 valence electrons. The van der Waals surface area contributed by atoms with Gasteiger partial charge < -0.3 is 5.32 Å². The van der Waals surface area contributed by atoms with Gasteiger partial charge in [-0.2, -0.15) is 0 Å². The number of aryl methyl sites for hydroxylation is 1. The molecule has 4 aromatic carbocycles. The molecule has 0 saturated heterocycles. The van der Waals surface area contributed by atoms with Gasteiger partial charge in [-0.3, -0.25) is 13.8 Å². The van der Waals surface area contributed by atoms with Crippen LogP contribution in [0.2, 0.25) is 0 Å². The Kier molecular flexibility index (Phi) is 8.87. The molecule has 0 bridgehead atoms. The van der Waals surface area contributed by atoms with E-state index in [0.717, 1.165) is 10.5 Å². The van der Waals surface area contributed by atoms with Crippen LogP contribution in [0.25, 0.3) is 0 Å². The van der Waals surface area contributed by atoms with Crippen LogP contribution in [0, 0.1) is 6.92 Å². The zero-order valence-corrected chi connectivity index (χ0v) is 24.6. The van der Waals surface area contributed by atoms with Crippen molar-refractivity contribution in [3.8, 4) is 0 Å². The highest BCUT2D eigenvalue weighted by molar-refractivity contribution is 7.98. The molecule has 4 rings (SSSR count). The summed E-state index contributed by atoms with van der Waals surface area (Å²) in [6.45, 7) is 3.77. The second kappa shape index (κ2) is 12.2. The molecular weight excluding hydrogens is 567 g/mol. The molecule has 1 amide bonds. The van der Waals surface area contributed by atoms with Crippen molar-refractivity contribution in [3.05, 3.63) is 108 Å². The molecule has 8 nitrogen and oxygen atoms in total. The number of carbonyl (C=O) groups excluding carboxylic acids is 1. The first-order valence-corrected chi connectivity index (χ1v) is 16.5. The molecule has 4 aromatic rings. The largest absolute Gasteiger partial charge is 0.322 e. The van der Waals surface area contributed by atoms with Crippen molar-refractivity contribution < 1.29 is 21.6 Å². The molecule has 0 atom stereocenters. The minimum atomic E-state index is -3.80. The lowest BCUT2D eigenvalue weighted by Crippen LogP contribution is -2.30. The number of thioether (sulfide) groups is 1. The van der Waals surface area contributed by atoms with Gasteiger partial charge in [0, 0.05) is 22.7 Å². The third-order valence-electron chi connectivity index (χ3n) is 6.16. The fourth-order valence-electron chi connectivity index (χ4n) is 3.96. The Labute approximate surface area is 239 Å². The minimum Gasteiger partial charge on any atom is -0.322 e. The first-order valence-electron chi connectivity index (χ1n) is 12.3. The van der Waals surface area contributed by atoms with Crippen LogP contribution < -0.4 is 14.3 Å². The average molecular weight is 596 g/mol. The summed E-state index contributed by atoms with van der Waals surface area (Å²) in [5.41, 5.74) is 2.45. The Morgan fingerprint density at radius 3 is 1.98 bits per heavy atom. The van der Waals surface area contributed by atoms with E-state index in [1.807, 2.05) is 25.3 Å². The Hall–Kier alpha value is -3.80. The summed E-state index contributed by atoms with van der Waals surface area (Å²) in [7, 11) is -7.58. The van der Waals surface area contributed by atoms with Crippen LogP contribution >= 0.6 is 11.8 Å². The number of rotatable bonds is 10. The van der Waals surface area contributed by atoms with Crippen molar-refractivity contribution in [3.63, 3.8) is 0 Å². The topological polar surface area (TPSA) is 113 Å². The number of nitrogens with zero attached hydrogens (tertiary/aromatic N) is 1. The van der Waals surface area contributed by atoms with Crippen molar-refractivity contribution in [2.24, 2.45) is 0 Å². The molecule has 0 aliphatic rings. The lowest BCUT2D eigenvalue weighted by Gasteiger charge is -2.23. The number of amides is 1. The summed E-state index contributed by atoms with van der Waals surface area (Å²) < 4.78 is 55.9.